The van der Waals surface area contributed by atoms with Crippen molar-refractivity contribution in [3.8, 4) is 11.8 Å². The van der Waals surface area contributed by atoms with Crippen molar-refractivity contribution in [2.24, 2.45) is 0 Å². The molecule has 0 amide bonds. The number of halogens is 1. The monoisotopic (exact) mass is 423 g/mol. The summed E-state index contributed by atoms with van der Waals surface area (Å²) in [5.74, 6) is 0.762. The SMILES string of the molecule is CSc1nccc(C(C)Oc2ccc(C(C)(C)c3ccc(Cl)cc3C#N)cc2)n1. The number of rotatable bonds is 6. The van der Waals surface area contributed by atoms with Crippen LogP contribution in [0.25, 0.3) is 0 Å². The molecule has 0 saturated carbocycles. The maximum absolute atomic E-state index is 9.50. The zero-order chi connectivity index (χ0) is 21.0. The van der Waals surface area contributed by atoms with Gasteiger partial charge in [-0.05, 0) is 54.6 Å². The Labute approximate surface area is 180 Å². The van der Waals surface area contributed by atoms with Crippen LogP contribution in [0.15, 0.2) is 59.9 Å². The molecule has 0 saturated heterocycles. The Morgan fingerprint density at radius 1 is 1.14 bits per heavy atom. The molecule has 6 heteroatoms. The highest BCUT2D eigenvalue weighted by atomic mass is 35.5. The van der Waals surface area contributed by atoms with Gasteiger partial charge in [0.1, 0.15) is 11.9 Å². The fourth-order valence-electron chi connectivity index (χ4n) is 3.20. The third-order valence-corrected chi connectivity index (χ3v) is 5.72. The highest BCUT2D eigenvalue weighted by Gasteiger charge is 2.26. The maximum Gasteiger partial charge on any atom is 0.187 e. The highest BCUT2D eigenvalue weighted by molar-refractivity contribution is 7.98. The van der Waals surface area contributed by atoms with E-state index in [1.54, 1.807) is 12.3 Å². The molecule has 148 valence electrons. The number of benzene rings is 2. The number of nitrogens with zero attached hydrogens (tertiary/aromatic N) is 3. The number of aromatic nitrogens is 2. The molecule has 4 nitrogen and oxygen atoms in total. The van der Waals surface area contributed by atoms with Gasteiger partial charge in [0.25, 0.3) is 0 Å². The van der Waals surface area contributed by atoms with Gasteiger partial charge in [0.2, 0.25) is 0 Å². The van der Waals surface area contributed by atoms with Crippen LogP contribution in [0.5, 0.6) is 5.75 Å². The molecule has 0 aliphatic rings. The van der Waals surface area contributed by atoms with E-state index in [1.165, 1.54) is 11.8 Å². The topological polar surface area (TPSA) is 58.8 Å². The lowest BCUT2D eigenvalue weighted by atomic mass is 9.76. The molecule has 0 aliphatic heterocycles. The minimum Gasteiger partial charge on any atom is -0.484 e. The molecule has 0 radical (unpaired) electrons. The maximum atomic E-state index is 9.50. The highest BCUT2D eigenvalue weighted by Crippen LogP contribution is 2.35. The Bertz CT molecular complexity index is 1040. The second-order valence-electron chi connectivity index (χ2n) is 7.18. The van der Waals surface area contributed by atoms with Crippen LogP contribution in [0.1, 0.15) is 49.3 Å². The number of thioether (sulfide) groups is 1. The Morgan fingerprint density at radius 3 is 2.52 bits per heavy atom. The fraction of sp³-hybridized carbons (Fsp3) is 0.261. The van der Waals surface area contributed by atoms with Gasteiger partial charge in [-0.1, -0.05) is 55.4 Å². The summed E-state index contributed by atoms with van der Waals surface area (Å²) in [4.78, 5) is 8.69. The van der Waals surface area contributed by atoms with Gasteiger partial charge >= 0.3 is 0 Å². The first-order valence-electron chi connectivity index (χ1n) is 9.19. The van der Waals surface area contributed by atoms with Crippen molar-refractivity contribution in [1.82, 2.24) is 9.97 Å². The molecule has 1 atom stereocenters. The van der Waals surface area contributed by atoms with E-state index in [-0.39, 0.29) is 11.5 Å². The van der Waals surface area contributed by atoms with E-state index in [2.05, 4.69) is 29.9 Å². The van der Waals surface area contributed by atoms with E-state index >= 15 is 0 Å². The van der Waals surface area contributed by atoms with E-state index in [4.69, 9.17) is 16.3 Å². The molecule has 1 unspecified atom stereocenters. The molecule has 1 heterocycles. The lowest BCUT2D eigenvalue weighted by Gasteiger charge is -2.27. The second kappa shape index (κ2) is 8.86. The van der Waals surface area contributed by atoms with E-state index in [0.29, 0.717) is 10.6 Å². The molecular weight excluding hydrogens is 402 g/mol. The van der Waals surface area contributed by atoms with Crippen LogP contribution in [0.2, 0.25) is 5.02 Å². The van der Waals surface area contributed by atoms with Crippen LogP contribution in [0, 0.1) is 11.3 Å². The summed E-state index contributed by atoms with van der Waals surface area (Å²) in [5.41, 5.74) is 3.11. The number of hydrogen-bond acceptors (Lipinski definition) is 5. The quantitative estimate of drug-likeness (QED) is 0.349. The summed E-state index contributed by atoms with van der Waals surface area (Å²) in [6.45, 7) is 6.16. The van der Waals surface area contributed by atoms with Crippen molar-refractivity contribution >= 4 is 23.4 Å². The van der Waals surface area contributed by atoms with Crippen molar-refractivity contribution in [1.29, 1.82) is 5.26 Å². The first-order chi connectivity index (χ1) is 13.8. The largest absolute Gasteiger partial charge is 0.484 e. The fourth-order valence-corrected chi connectivity index (χ4v) is 3.74. The molecule has 29 heavy (non-hydrogen) atoms. The Balaban J connectivity index is 1.81. The molecular formula is C23H22ClN3OS. The lowest BCUT2D eigenvalue weighted by molar-refractivity contribution is 0.220. The molecule has 3 aromatic rings. The Morgan fingerprint density at radius 2 is 1.86 bits per heavy atom. The third kappa shape index (κ3) is 4.72. The van der Waals surface area contributed by atoms with Crippen molar-refractivity contribution in [2.75, 3.05) is 6.26 Å². The summed E-state index contributed by atoms with van der Waals surface area (Å²) in [7, 11) is 0. The van der Waals surface area contributed by atoms with Gasteiger partial charge in [-0.15, -0.1) is 0 Å². The summed E-state index contributed by atoms with van der Waals surface area (Å²) < 4.78 is 6.06. The molecule has 0 spiro atoms. The number of ether oxygens (including phenoxy) is 1. The summed E-state index contributed by atoms with van der Waals surface area (Å²) in [6.07, 6.45) is 3.51. The first kappa shape index (κ1) is 21.2. The molecule has 2 aromatic carbocycles. The van der Waals surface area contributed by atoms with Gasteiger partial charge < -0.3 is 4.74 Å². The van der Waals surface area contributed by atoms with E-state index in [0.717, 1.165) is 27.7 Å². The Kier molecular flexibility index (Phi) is 6.46. The normalized spacial score (nSPS) is 12.3. The van der Waals surface area contributed by atoms with Crippen molar-refractivity contribution in [3.63, 3.8) is 0 Å². The number of nitriles is 1. The van der Waals surface area contributed by atoms with Gasteiger partial charge in [0, 0.05) is 16.6 Å². The van der Waals surface area contributed by atoms with Gasteiger partial charge in [0.05, 0.1) is 17.3 Å². The van der Waals surface area contributed by atoms with Crippen LogP contribution in [-0.2, 0) is 5.41 Å². The van der Waals surface area contributed by atoms with E-state index in [9.17, 15) is 5.26 Å². The van der Waals surface area contributed by atoms with Crippen LogP contribution in [0.4, 0.5) is 0 Å². The van der Waals surface area contributed by atoms with Crippen LogP contribution in [-0.4, -0.2) is 16.2 Å². The Hall–Kier alpha value is -2.55. The number of hydrogen-bond donors (Lipinski definition) is 0. The van der Waals surface area contributed by atoms with Crippen LogP contribution >= 0.6 is 23.4 Å². The average molecular weight is 424 g/mol. The van der Waals surface area contributed by atoms with Gasteiger partial charge in [-0.2, -0.15) is 5.26 Å². The summed E-state index contributed by atoms with van der Waals surface area (Å²) in [5, 5.41) is 10.8. The lowest BCUT2D eigenvalue weighted by Crippen LogP contribution is -2.20. The van der Waals surface area contributed by atoms with Crippen LogP contribution in [0.3, 0.4) is 0 Å². The predicted octanol–water partition coefficient (Wildman–Crippen LogP) is 6.19. The van der Waals surface area contributed by atoms with Crippen molar-refractivity contribution in [3.05, 3.63) is 82.1 Å². The molecule has 1 aromatic heterocycles. The molecule has 3 rings (SSSR count). The predicted molar refractivity (Wildman–Crippen MR) is 118 cm³/mol. The van der Waals surface area contributed by atoms with Crippen molar-refractivity contribution in [2.45, 2.75) is 37.4 Å². The average Bonchev–Trinajstić information content (AvgIpc) is 2.73. The van der Waals surface area contributed by atoms with Gasteiger partial charge in [-0.25, -0.2) is 9.97 Å². The zero-order valence-electron chi connectivity index (χ0n) is 16.8. The van der Waals surface area contributed by atoms with Gasteiger partial charge in [0.15, 0.2) is 5.16 Å². The standard InChI is InChI=1S/C23H22ClN3OS/c1-15(21-11-12-26-22(27-21)29-4)28-19-8-5-17(6-9-19)23(2,3)20-10-7-18(24)13-16(20)14-25/h5-13,15H,1-4H3. The minimum atomic E-state index is -0.348. The molecule has 0 bridgehead atoms. The van der Waals surface area contributed by atoms with Gasteiger partial charge in [-0.3, -0.25) is 0 Å². The molecule has 0 fully saturated rings. The third-order valence-electron chi connectivity index (χ3n) is 4.92. The summed E-state index contributed by atoms with van der Waals surface area (Å²) >= 11 is 7.56. The molecule has 0 N–H and O–H groups in total. The summed E-state index contributed by atoms with van der Waals surface area (Å²) in [6, 6.07) is 17.5. The van der Waals surface area contributed by atoms with E-state index < -0.39 is 0 Å². The first-order valence-corrected chi connectivity index (χ1v) is 10.8. The zero-order valence-corrected chi connectivity index (χ0v) is 18.4. The van der Waals surface area contributed by atoms with Crippen molar-refractivity contribution < 1.29 is 4.74 Å². The minimum absolute atomic E-state index is 0.191. The molecule has 0 aliphatic carbocycles. The van der Waals surface area contributed by atoms with E-state index in [1.807, 2.05) is 55.6 Å². The van der Waals surface area contributed by atoms with Crippen LogP contribution < -0.4 is 4.74 Å². The smallest absolute Gasteiger partial charge is 0.187 e. The second-order valence-corrected chi connectivity index (χ2v) is 8.39.